The third kappa shape index (κ3) is 4.72. The second-order valence-corrected chi connectivity index (χ2v) is 8.73. The van der Waals surface area contributed by atoms with Crippen LogP contribution in [0.15, 0.2) is 58.8 Å². The summed E-state index contributed by atoms with van der Waals surface area (Å²) >= 11 is 1.24. The van der Waals surface area contributed by atoms with Crippen LogP contribution in [-0.2, 0) is 9.84 Å². The third-order valence-corrected chi connectivity index (χ3v) is 5.58. The fourth-order valence-corrected chi connectivity index (χ4v) is 3.60. The molecule has 0 atom stereocenters. The number of anilines is 3. The first-order valence-corrected chi connectivity index (χ1v) is 10.7. The average Bonchev–Trinajstić information content (AvgIpc) is 3.10. The highest BCUT2D eigenvalue weighted by atomic mass is 32.2. The van der Waals surface area contributed by atoms with E-state index >= 15 is 0 Å². The lowest BCUT2D eigenvalue weighted by molar-refractivity contribution is 0.0998. The van der Waals surface area contributed by atoms with Gasteiger partial charge >= 0.3 is 0 Å². The number of nitrogens with two attached hydrogens (primary N) is 1. The van der Waals surface area contributed by atoms with Crippen molar-refractivity contribution in [3.05, 3.63) is 65.2 Å². The Morgan fingerprint density at radius 3 is 2.18 bits per heavy atom. The lowest BCUT2D eigenvalue weighted by atomic mass is 10.2. The van der Waals surface area contributed by atoms with Gasteiger partial charge in [0.05, 0.1) is 4.90 Å². The number of benzene rings is 2. The number of sulfone groups is 1. The first-order chi connectivity index (χ1) is 13.2. The second-order valence-electron chi connectivity index (χ2n) is 5.86. The molecule has 0 bridgehead atoms. The fourth-order valence-electron chi connectivity index (χ4n) is 2.26. The summed E-state index contributed by atoms with van der Waals surface area (Å²) in [5, 5.41) is 7.79. The summed E-state index contributed by atoms with van der Waals surface area (Å²) in [4.78, 5) is 27.8. The number of hydrogen-bond acceptors (Lipinski definition) is 7. The summed E-state index contributed by atoms with van der Waals surface area (Å²) in [7, 11) is -3.26. The number of aromatic nitrogens is 1. The van der Waals surface area contributed by atoms with Crippen molar-refractivity contribution in [3.8, 4) is 0 Å². The number of nitrogens with one attached hydrogen (secondary N) is 2. The van der Waals surface area contributed by atoms with E-state index < -0.39 is 21.7 Å². The van der Waals surface area contributed by atoms with Gasteiger partial charge in [0.1, 0.15) is 5.69 Å². The Hall–Kier alpha value is -3.24. The molecule has 8 nitrogen and oxygen atoms in total. The zero-order valence-electron chi connectivity index (χ0n) is 14.7. The molecule has 4 N–H and O–H groups in total. The summed E-state index contributed by atoms with van der Waals surface area (Å²) in [6.07, 6.45) is 1.14. The standard InChI is InChI=1S/C18H16N4O4S2/c1-28(25,26)14-8-6-13(7-9-14)21-18-22-15(10-27-18)17(24)20-12-4-2-11(3-5-12)16(19)23/h2-10H,1H3,(H2,19,23)(H,20,24)(H,21,22). The molecule has 1 aromatic heterocycles. The van der Waals surface area contributed by atoms with E-state index in [4.69, 9.17) is 5.73 Å². The normalized spacial score (nSPS) is 11.0. The van der Waals surface area contributed by atoms with Gasteiger partial charge in [-0.25, -0.2) is 13.4 Å². The zero-order chi connectivity index (χ0) is 20.3. The van der Waals surface area contributed by atoms with Crippen molar-refractivity contribution in [1.29, 1.82) is 0 Å². The van der Waals surface area contributed by atoms with Crippen LogP contribution >= 0.6 is 11.3 Å². The van der Waals surface area contributed by atoms with E-state index in [1.165, 1.54) is 35.6 Å². The topological polar surface area (TPSA) is 131 Å². The van der Waals surface area contributed by atoms with Crippen LogP contribution in [0.1, 0.15) is 20.8 Å². The highest BCUT2D eigenvalue weighted by Gasteiger charge is 2.12. The van der Waals surface area contributed by atoms with Crippen LogP contribution in [0.2, 0.25) is 0 Å². The Labute approximate surface area is 165 Å². The molecule has 0 saturated heterocycles. The maximum atomic E-state index is 12.3. The van der Waals surface area contributed by atoms with Crippen LogP contribution in [0.5, 0.6) is 0 Å². The Morgan fingerprint density at radius 2 is 1.61 bits per heavy atom. The SMILES string of the molecule is CS(=O)(=O)c1ccc(Nc2nc(C(=O)Nc3ccc(C(N)=O)cc3)cs2)cc1. The number of rotatable bonds is 6. The Balaban J connectivity index is 1.66. The van der Waals surface area contributed by atoms with E-state index in [-0.39, 0.29) is 10.6 Å². The van der Waals surface area contributed by atoms with Gasteiger partial charge in [0.25, 0.3) is 5.91 Å². The quantitative estimate of drug-likeness (QED) is 0.566. The smallest absolute Gasteiger partial charge is 0.275 e. The first kappa shape index (κ1) is 19.5. The molecule has 3 aromatic rings. The van der Waals surface area contributed by atoms with Crippen LogP contribution < -0.4 is 16.4 Å². The molecular formula is C18H16N4O4S2. The summed E-state index contributed by atoms with van der Waals surface area (Å²) in [5.74, 6) is -0.943. The molecule has 28 heavy (non-hydrogen) atoms. The Bertz CT molecular complexity index is 1120. The molecule has 0 aliphatic heterocycles. The Kier molecular flexibility index (Phi) is 5.43. The van der Waals surface area contributed by atoms with Crippen LogP contribution in [0.4, 0.5) is 16.5 Å². The van der Waals surface area contributed by atoms with Gasteiger partial charge in [-0.1, -0.05) is 0 Å². The van der Waals surface area contributed by atoms with Gasteiger partial charge in [0.15, 0.2) is 15.0 Å². The molecule has 0 spiro atoms. The summed E-state index contributed by atoms with van der Waals surface area (Å²) in [6.45, 7) is 0. The lowest BCUT2D eigenvalue weighted by Crippen LogP contribution is -2.13. The van der Waals surface area contributed by atoms with E-state index in [1.807, 2.05) is 0 Å². The van der Waals surface area contributed by atoms with Crippen molar-refractivity contribution in [2.75, 3.05) is 16.9 Å². The molecule has 10 heteroatoms. The van der Waals surface area contributed by atoms with Gasteiger partial charge in [0, 0.05) is 28.6 Å². The molecule has 2 aromatic carbocycles. The monoisotopic (exact) mass is 416 g/mol. The van der Waals surface area contributed by atoms with Crippen LogP contribution in [0.25, 0.3) is 0 Å². The number of carbonyl (C=O) groups excluding carboxylic acids is 2. The lowest BCUT2D eigenvalue weighted by Gasteiger charge is -2.04. The zero-order valence-corrected chi connectivity index (χ0v) is 16.3. The highest BCUT2D eigenvalue weighted by molar-refractivity contribution is 7.90. The van der Waals surface area contributed by atoms with E-state index in [2.05, 4.69) is 15.6 Å². The molecule has 144 valence electrons. The number of hydrogen-bond donors (Lipinski definition) is 3. The number of amides is 2. The van der Waals surface area contributed by atoms with Crippen molar-refractivity contribution in [2.45, 2.75) is 4.90 Å². The van der Waals surface area contributed by atoms with Crippen LogP contribution in [-0.4, -0.2) is 31.5 Å². The predicted octanol–water partition coefficient (Wildman–Crippen LogP) is 2.64. The summed E-state index contributed by atoms with van der Waals surface area (Å²) in [5.41, 5.74) is 6.91. The van der Waals surface area contributed by atoms with Gasteiger partial charge in [0.2, 0.25) is 5.91 Å². The number of thiazole rings is 1. The number of primary amides is 1. The van der Waals surface area contributed by atoms with Gasteiger partial charge < -0.3 is 16.4 Å². The molecule has 0 aliphatic carbocycles. The maximum absolute atomic E-state index is 12.3. The molecule has 0 aliphatic rings. The van der Waals surface area contributed by atoms with E-state index in [9.17, 15) is 18.0 Å². The highest BCUT2D eigenvalue weighted by Crippen LogP contribution is 2.23. The minimum absolute atomic E-state index is 0.222. The van der Waals surface area contributed by atoms with Gasteiger partial charge in [-0.15, -0.1) is 11.3 Å². The molecule has 3 rings (SSSR count). The largest absolute Gasteiger partial charge is 0.366 e. The Morgan fingerprint density at radius 1 is 1.00 bits per heavy atom. The maximum Gasteiger partial charge on any atom is 0.275 e. The van der Waals surface area contributed by atoms with Crippen LogP contribution in [0, 0.1) is 0 Å². The van der Waals surface area contributed by atoms with Gasteiger partial charge in [-0.05, 0) is 48.5 Å². The molecule has 2 amide bonds. The fraction of sp³-hybridized carbons (Fsp3) is 0.0556. The number of carbonyl (C=O) groups is 2. The van der Waals surface area contributed by atoms with E-state index in [1.54, 1.807) is 29.6 Å². The van der Waals surface area contributed by atoms with Gasteiger partial charge in [-0.2, -0.15) is 0 Å². The average molecular weight is 416 g/mol. The molecule has 0 radical (unpaired) electrons. The van der Waals surface area contributed by atoms with Crippen molar-refractivity contribution in [1.82, 2.24) is 4.98 Å². The molecule has 0 fully saturated rings. The number of nitrogens with zero attached hydrogens (tertiary/aromatic N) is 1. The van der Waals surface area contributed by atoms with Crippen molar-refractivity contribution >= 4 is 49.5 Å². The van der Waals surface area contributed by atoms with Gasteiger partial charge in [-0.3, -0.25) is 9.59 Å². The molecule has 0 unspecified atom stereocenters. The summed E-state index contributed by atoms with van der Waals surface area (Å²) in [6, 6.07) is 12.4. The minimum atomic E-state index is -3.26. The molecular weight excluding hydrogens is 400 g/mol. The predicted molar refractivity (Wildman–Crippen MR) is 108 cm³/mol. The second kappa shape index (κ2) is 7.79. The summed E-state index contributed by atoms with van der Waals surface area (Å²) < 4.78 is 23.0. The van der Waals surface area contributed by atoms with Crippen molar-refractivity contribution < 1.29 is 18.0 Å². The first-order valence-electron chi connectivity index (χ1n) is 7.96. The molecule has 1 heterocycles. The third-order valence-electron chi connectivity index (χ3n) is 3.70. The van der Waals surface area contributed by atoms with E-state index in [0.717, 1.165) is 6.26 Å². The van der Waals surface area contributed by atoms with Crippen LogP contribution in [0.3, 0.4) is 0 Å². The minimum Gasteiger partial charge on any atom is -0.366 e. The van der Waals surface area contributed by atoms with Crippen molar-refractivity contribution in [2.24, 2.45) is 5.73 Å². The van der Waals surface area contributed by atoms with Crippen molar-refractivity contribution in [3.63, 3.8) is 0 Å². The molecule has 0 saturated carbocycles. The van der Waals surface area contributed by atoms with E-state index in [0.29, 0.717) is 22.1 Å².